The predicted octanol–water partition coefficient (Wildman–Crippen LogP) is 3.25. The van der Waals surface area contributed by atoms with E-state index in [0.717, 1.165) is 12.0 Å². The molecule has 1 atom stereocenters. The Balaban J connectivity index is 1.57. The van der Waals surface area contributed by atoms with E-state index in [2.05, 4.69) is 34.5 Å². The van der Waals surface area contributed by atoms with Crippen molar-refractivity contribution in [1.29, 1.82) is 0 Å². The Morgan fingerprint density at radius 1 is 1.12 bits per heavy atom. The first-order valence-corrected chi connectivity index (χ1v) is 8.50. The molecule has 0 unspecified atom stereocenters. The maximum absolute atomic E-state index is 12.4. The van der Waals surface area contributed by atoms with Crippen molar-refractivity contribution in [3.8, 4) is 0 Å². The molecule has 2 aromatic carbocycles. The maximum Gasteiger partial charge on any atom is 0.251 e. The second-order valence-electron chi connectivity index (χ2n) is 6.02. The van der Waals surface area contributed by atoms with E-state index in [-0.39, 0.29) is 5.91 Å². The Morgan fingerprint density at radius 3 is 2.52 bits per heavy atom. The Labute approximate surface area is 147 Å². The summed E-state index contributed by atoms with van der Waals surface area (Å²) in [5.74, 6) is 0.290. The van der Waals surface area contributed by atoms with Crippen molar-refractivity contribution in [3.63, 3.8) is 0 Å². The SMILES string of the molecule is CC[C@@H](CNC(=O)c1ccc(Cn2cncn2)cc1)c1ccccc1. The van der Waals surface area contributed by atoms with Crippen molar-refractivity contribution < 1.29 is 4.79 Å². The number of rotatable bonds is 7. The third-order valence-corrected chi connectivity index (χ3v) is 4.30. The summed E-state index contributed by atoms with van der Waals surface area (Å²) in [6, 6.07) is 17.9. The quantitative estimate of drug-likeness (QED) is 0.721. The van der Waals surface area contributed by atoms with Crippen molar-refractivity contribution in [1.82, 2.24) is 20.1 Å². The van der Waals surface area contributed by atoms with E-state index in [0.29, 0.717) is 24.6 Å². The number of aromatic nitrogens is 3. The van der Waals surface area contributed by atoms with Crippen LogP contribution in [0.3, 0.4) is 0 Å². The van der Waals surface area contributed by atoms with Crippen LogP contribution in [0.1, 0.15) is 40.7 Å². The van der Waals surface area contributed by atoms with Crippen LogP contribution in [0, 0.1) is 0 Å². The lowest BCUT2D eigenvalue weighted by atomic mass is 9.96. The molecule has 0 radical (unpaired) electrons. The minimum Gasteiger partial charge on any atom is -0.351 e. The zero-order valence-corrected chi connectivity index (χ0v) is 14.3. The highest BCUT2D eigenvalue weighted by molar-refractivity contribution is 5.94. The molecule has 0 spiro atoms. The van der Waals surface area contributed by atoms with Crippen LogP contribution in [0.15, 0.2) is 67.3 Å². The maximum atomic E-state index is 12.4. The number of amides is 1. The Morgan fingerprint density at radius 2 is 1.88 bits per heavy atom. The molecule has 25 heavy (non-hydrogen) atoms. The predicted molar refractivity (Wildman–Crippen MR) is 97.4 cm³/mol. The van der Waals surface area contributed by atoms with Crippen molar-refractivity contribution in [2.45, 2.75) is 25.8 Å². The Kier molecular flexibility index (Phi) is 5.57. The van der Waals surface area contributed by atoms with E-state index in [1.54, 1.807) is 11.0 Å². The molecule has 5 heteroatoms. The minimum atomic E-state index is -0.0401. The number of carbonyl (C=O) groups is 1. The van der Waals surface area contributed by atoms with Gasteiger partial charge in [0.25, 0.3) is 5.91 Å². The van der Waals surface area contributed by atoms with Gasteiger partial charge in [-0.15, -0.1) is 0 Å². The fraction of sp³-hybridized carbons (Fsp3) is 0.250. The van der Waals surface area contributed by atoms with E-state index in [1.807, 2.05) is 42.5 Å². The van der Waals surface area contributed by atoms with Gasteiger partial charge < -0.3 is 5.32 Å². The standard InChI is InChI=1S/C20H22N4O/c1-2-17(18-6-4-3-5-7-18)12-22-20(25)19-10-8-16(9-11-19)13-24-15-21-14-23-24/h3-11,14-15,17H,2,12-13H2,1H3,(H,22,25)/t17-/m0/s1. The Bertz CT molecular complexity index is 782. The monoisotopic (exact) mass is 334 g/mol. The summed E-state index contributed by atoms with van der Waals surface area (Å²) in [7, 11) is 0. The highest BCUT2D eigenvalue weighted by Gasteiger charge is 2.12. The molecule has 0 bridgehead atoms. The van der Waals surface area contributed by atoms with Gasteiger partial charge in [0, 0.05) is 18.0 Å². The van der Waals surface area contributed by atoms with Crippen LogP contribution >= 0.6 is 0 Å². The molecule has 1 heterocycles. The lowest BCUT2D eigenvalue weighted by Crippen LogP contribution is -2.28. The highest BCUT2D eigenvalue weighted by atomic mass is 16.1. The first-order chi connectivity index (χ1) is 12.3. The van der Waals surface area contributed by atoms with Crippen LogP contribution in [-0.2, 0) is 6.54 Å². The van der Waals surface area contributed by atoms with Gasteiger partial charge in [-0.25, -0.2) is 9.67 Å². The molecule has 128 valence electrons. The Hall–Kier alpha value is -2.95. The van der Waals surface area contributed by atoms with Gasteiger partial charge in [-0.3, -0.25) is 4.79 Å². The highest BCUT2D eigenvalue weighted by Crippen LogP contribution is 2.18. The molecule has 1 amide bonds. The molecule has 5 nitrogen and oxygen atoms in total. The first kappa shape index (κ1) is 16.9. The number of benzene rings is 2. The molecule has 3 rings (SSSR count). The first-order valence-electron chi connectivity index (χ1n) is 8.50. The molecule has 0 aliphatic carbocycles. The molecule has 1 N–H and O–H groups in total. The van der Waals surface area contributed by atoms with E-state index in [4.69, 9.17) is 0 Å². The molecule has 3 aromatic rings. The van der Waals surface area contributed by atoms with Gasteiger partial charge in [0.2, 0.25) is 0 Å². The molecule has 0 fully saturated rings. The van der Waals surface area contributed by atoms with Crippen LogP contribution < -0.4 is 5.32 Å². The van der Waals surface area contributed by atoms with Gasteiger partial charge in [-0.05, 0) is 29.7 Å². The summed E-state index contributed by atoms with van der Waals surface area (Å²) in [6.07, 6.45) is 4.18. The molecule has 0 saturated heterocycles. The number of hydrogen-bond acceptors (Lipinski definition) is 3. The smallest absolute Gasteiger partial charge is 0.251 e. The number of carbonyl (C=O) groups excluding carboxylic acids is 1. The zero-order chi connectivity index (χ0) is 17.5. The van der Waals surface area contributed by atoms with Gasteiger partial charge in [0.05, 0.1) is 6.54 Å². The second-order valence-corrected chi connectivity index (χ2v) is 6.02. The molecular formula is C20H22N4O. The zero-order valence-electron chi connectivity index (χ0n) is 14.3. The van der Waals surface area contributed by atoms with E-state index >= 15 is 0 Å². The largest absolute Gasteiger partial charge is 0.351 e. The van der Waals surface area contributed by atoms with Crippen LogP contribution in [0.5, 0.6) is 0 Å². The van der Waals surface area contributed by atoms with Gasteiger partial charge in [-0.2, -0.15) is 5.10 Å². The van der Waals surface area contributed by atoms with Crippen LogP contribution in [0.4, 0.5) is 0 Å². The summed E-state index contributed by atoms with van der Waals surface area (Å²) in [6.45, 7) is 3.43. The average Bonchev–Trinajstić information content (AvgIpc) is 3.16. The number of nitrogens with one attached hydrogen (secondary N) is 1. The van der Waals surface area contributed by atoms with Crippen LogP contribution in [0.2, 0.25) is 0 Å². The van der Waals surface area contributed by atoms with Gasteiger partial charge in [0.15, 0.2) is 0 Å². The average molecular weight is 334 g/mol. The molecule has 0 aliphatic rings. The number of nitrogens with zero attached hydrogens (tertiary/aromatic N) is 3. The van der Waals surface area contributed by atoms with Gasteiger partial charge in [0.1, 0.15) is 12.7 Å². The van der Waals surface area contributed by atoms with Crippen LogP contribution in [-0.4, -0.2) is 27.2 Å². The summed E-state index contributed by atoms with van der Waals surface area (Å²) in [4.78, 5) is 16.3. The van der Waals surface area contributed by atoms with Crippen molar-refractivity contribution in [2.24, 2.45) is 0 Å². The number of hydrogen-bond donors (Lipinski definition) is 1. The molecular weight excluding hydrogens is 312 g/mol. The molecule has 1 aromatic heterocycles. The summed E-state index contributed by atoms with van der Waals surface area (Å²) < 4.78 is 1.75. The summed E-state index contributed by atoms with van der Waals surface area (Å²) in [5.41, 5.74) is 3.01. The van der Waals surface area contributed by atoms with Crippen molar-refractivity contribution >= 4 is 5.91 Å². The van der Waals surface area contributed by atoms with Crippen molar-refractivity contribution in [3.05, 3.63) is 83.9 Å². The normalized spacial score (nSPS) is 11.9. The fourth-order valence-electron chi connectivity index (χ4n) is 2.80. The van der Waals surface area contributed by atoms with Gasteiger partial charge in [-0.1, -0.05) is 49.4 Å². The fourth-order valence-corrected chi connectivity index (χ4v) is 2.80. The minimum absolute atomic E-state index is 0.0401. The molecule has 0 aliphatic heterocycles. The lowest BCUT2D eigenvalue weighted by Gasteiger charge is -2.16. The van der Waals surface area contributed by atoms with Crippen LogP contribution in [0.25, 0.3) is 0 Å². The third-order valence-electron chi connectivity index (χ3n) is 4.30. The second kappa shape index (κ2) is 8.24. The van der Waals surface area contributed by atoms with E-state index in [9.17, 15) is 4.79 Å². The van der Waals surface area contributed by atoms with E-state index in [1.165, 1.54) is 11.9 Å². The molecule has 0 saturated carbocycles. The topological polar surface area (TPSA) is 59.8 Å². The van der Waals surface area contributed by atoms with Crippen molar-refractivity contribution in [2.75, 3.05) is 6.54 Å². The van der Waals surface area contributed by atoms with Gasteiger partial charge >= 0.3 is 0 Å². The summed E-state index contributed by atoms with van der Waals surface area (Å²) >= 11 is 0. The van der Waals surface area contributed by atoms with E-state index < -0.39 is 0 Å². The lowest BCUT2D eigenvalue weighted by molar-refractivity contribution is 0.0951. The summed E-state index contributed by atoms with van der Waals surface area (Å²) in [5, 5.41) is 7.13. The third kappa shape index (κ3) is 4.53.